The Bertz CT molecular complexity index is 925. The van der Waals surface area contributed by atoms with Crippen molar-refractivity contribution in [3.05, 3.63) is 69.2 Å². The summed E-state index contributed by atoms with van der Waals surface area (Å²) in [6.45, 7) is 0.0393. The highest BCUT2D eigenvalue weighted by Crippen LogP contribution is 2.36. The van der Waals surface area contributed by atoms with Crippen LogP contribution >= 0.6 is 11.6 Å². The van der Waals surface area contributed by atoms with Gasteiger partial charge in [0, 0.05) is 18.3 Å². The highest BCUT2D eigenvalue weighted by Gasteiger charge is 2.44. The van der Waals surface area contributed by atoms with Gasteiger partial charge in [0.15, 0.2) is 0 Å². The molecule has 2 aromatic carbocycles. The fourth-order valence-corrected chi connectivity index (χ4v) is 3.80. The predicted molar refractivity (Wildman–Crippen MR) is 106 cm³/mol. The first-order chi connectivity index (χ1) is 14.2. The molecule has 2 atom stereocenters. The first-order valence-corrected chi connectivity index (χ1v) is 9.65. The number of nitro benzene ring substituents is 1. The lowest BCUT2D eigenvalue weighted by Crippen LogP contribution is -2.46. The van der Waals surface area contributed by atoms with Crippen LogP contribution in [0.5, 0.6) is 0 Å². The highest BCUT2D eigenvalue weighted by molar-refractivity contribution is 6.32. The molecule has 0 aliphatic carbocycles. The molecule has 160 valence electrons. The average molecular weight is 442 g/mol. The van der Waals surface area contributed by atoms with E-state index in [0.717, 1.165) is 6.07 Å². The maximum atomic E-state index is 13.3. The molecule has 0 spiro atoms. The summed E-state index contributed by atoms with van der Waals surface area (Å²) in [7, 11) is 0. The van der Waals surface area contributed by atoms with Gasteiger partial charge in [-0.05, 0) is 37.1 Å². The molecule has 0 saturated carbocycles. The van der Waals surface area contributed by atoms with Crippen molar-refractivity contribution in [2.75, 3.05) is 18.4 Å². The molecule has 0 unspecified atom stereocenters. The third-order valence-electron chi connectivity index (χ3n) is 5.05. The highest BCUT2D eigenvalue weighted by atomic mass is 35.5. The van der Waals surface area contributed by atoms with Crippen LogP contribution in [0.3, 0.4) is 0 Å². The third-order valence-corrected chi connectivity index (χ3v) is 5.37. The van der Waals surface area contributed by atoms with Gasteiger partial charge in [-0.25, -0.2) is 0 Å². The second-order valence-corrected chi connectivity index (χ2v) is 7.51. The zero-order chi connectivity index (χ0) is 21.9. The molecule has 0 aromatic heterocycles. The molecule has 1 amide bonds. The van der Waals surface area contributed by atoms with Crippen LogP contribution < -0.4 is 5.32 Å². The Morgan fingerprint density at radius 3 is 2.57 bits per heavy atom. The molecular weight excluding hydrogens is 423 g/mol. The van der Waals surface area contributed by atoms with Crippen LogP contribution in [0.25, 0.3) is 0 Å². The molecule has 30 heavy (non-hydrogen) atoms. The van der Waals surface area contributed by atoms with E-state index in [1.807, 2.05) is 0 Å². The number of carbonyl (C=O) groups is 1. The lowest BCUT2D eigenvalue weighted by molar-refractivity contribution is -0.384. The van der Waals surface area contributed by atoms with E-state index in [-0.39, 0.29) is 29.4 Å². The van der Waals surface area contributed by atoms with Gasteiger partial charge in [0.25, 0.3) is 5.69 Å². The minimum atomic E-state index is -4.34. The number of anilines is 1. The summed E-state index contributed by atoms with van der Waals surface area (Å²) in [5, 5.41) is 13.6. The van der Waals surface area contributed by atoms with Crippen molar-refractivity contribution in [2.24, 2.45) is 5.92 Å². The predicted octanol–water partition coefficient (Wildman–Crippen LogP) is 5.20. The van der Waals surface area contributed by atoms with Gasteiger partial charge in [-0.3, -0.25) is 19.8 Å². The molecule has 1 aliphatic heterocycles. The van der Waals surface area contributed by atoms with Gasteiger partial charge in [0.05, 0.1) is 10.8 Å². The monoisotopic (exact) mass is 441 g/mol. The average Bonchev–Trinajstić information content (AvgIpc) is 2.70. The first kappa shape index (κ1) is 22.0. The number of amides is 1. The SMILES string of the molecule is O=C(Nc1ccc(Cl)c([N+](=O)[O-])c1)[C@H](c1ccccc1)N1CCC[C@@H](C(F)(F)F)C1. The van der Waals surface area contributed by atoms with Gasteiger partial charge in [0.2, 0.25) is 5.91 Å². The van der Waals surface area contributed by atoms with Gasteiger partial charge in [-0.2, -0.15) is 13.2 Å². The molecular formula is C20H19ClF3N3O3. The molecule has 0 radical (unpaired) electrons. The maximum Gasteiger partial charge on any atom is 0.393 e. The molecule has 1 saturated heterocycles. The van der Waals surface area contributed by atoms with E-state index in [1.165, 1.54) is 17.0 Å². The second-order valence-electron chi connectivity index (χ2n) is 7.10. The molecule has 6 nitrogen and oxygen atoms in total. The molecule has 3 rings (SSSR count). The van der Waals surface area contributed by atoms with Gasteiger partial charge in [-0.15, -0.1) is 0 Å². The standard InChI is InChI=1S/C20H19ClF3N3O3/c21-16-9-8-15(11-17(16)27(29)30)25-19(28)18(13-5-2-1-3-6-13)26-10-4-7-14(12-26)20(22,23)24/h1-3,5-6,8-9,11,14,18H,4,7,10,12H2,(H,25,28)/t14-,18+/m1/s1. The summed E-state index contributed by atoms with van der Waals surface area (Å²) in [5.41, 5.74) is 0.309. The summed E-state index contributed by atoms with van der Waals surface area (Å²) in [6.07, 6.45) is -4.01. The van der Waals surface area contributed by atoms with Crippen LogP contribution in [0.2, 0.25) is 5.02 Å². The number of carbonyl (C=O) groups excluding carboxylic acids is 1. The van der Waals surface area contributed by atoms with E-state index in [0.29, 0.717) is 18.5 Å². The zero-order valence-electron chi connectivity index (χ0n) is 15.7. The van der Waals surface area contributed by atoms with Crippen LogP contribution in [0.1, 0.15) is 24.4 Å². The number of nitro groups is 1. The minimum Gasteiger partial charge on any atom is -0.324 e. The van der Waals surface area contributed by atoms with Crippen LogP contribution in [-0.4, -0.2) is 35.0 Å². The quantitative estimate of drug-likeness (QED) is 0.511. The third kappa shape index (κ3) is 5.09. The number of hydrogen-bond donors (Lipinski definition) is 1. The molecule has 1 N–H and O–H groups in total. The molecule has 2 aromatic rings. The van der Waals surface area contributed by atoms with E-state index in [9.17, 15) is 28.1 Å². The van der Waals surface area contributed by atoms with E-state index in [2.05, 4.69) is 5.32 Å². The number of rotatable bonds is 5. The molecule has 1 heterocycles. The van der Waals surface area contributed by atoms with Crippen LogP contribution in [0, 0.1) is 16.0 Å². The van der Waals surface area contributed by atoms with Gasteiger partial charge >= 0.3 is 6.18 Å². The topological polar surface area (TPSA) is 75.5 Å². The van der Waals surface area contributed by atoms with E-state index < -0.39 is 29.0 Å². The Morgan fingerprint density at radius 2 is 1.93 bits per heavy atom. The summed E-state index contributed by atoms with van der Waals surface area (Å²) in [4.78, 5) is 25.0. The smallest absolute Gasteiger partial charge is 0.324 e. The lowest BCUT2D eigenvalue weighted by Gasteiger charge is -2.38. The van der Waals surface area contributed by atoms with Crippen LogP contribution in [-0.2, 0) is 4.79 Å². The molecule has 10 heteroatoms. The maximum absolute atomic E-state index is 13.3. The molecule has 0 bridgehead atoms. The number of benzene rings is 2. The minimum absolute atomic E-state index is 0.0203. The number of likely N-dealkylation sites (tertiary alicyclic amines) is 1. The number of halogens is 4. The van der Waals surface area contributed by atoms with E-state index in [1.54, 1.807) is 30.3 Å². The Morgan fingerprint density at radius 1 is 1.23 bits per heavy atom. The normalized spacial score (nSPS) is 18.6. The fourth-order valence-electron chi connectivity index (χ4n) is 3.61. The van der Waals surface area contributed by atoms with E-state index >= 15 is 0 Å². The van der Waals surface area contributed by atoms with Crippen molar-refractivity contribution in [3.63, 3.8) is 0 Å². The molecule has 1 aliphatic rings. The number of nitrogens with one attached hydrogen (secondary N) is 1. The van der Waals surface area contributed by atoms with Crippen molar-refractivity contribution in [2.45, 2.75) is 25.1 Å². The van der Waals surface area contributed by atoms with Crippen LogP contribution in [0.4, 0.5) is 24.5 Å². The van der Waals surface area contributed by atoms with Gasteiger partial charge in [-0.1, -0.05) is 41.9 Å². The fraction of sp³-hybridized carbons (Fsp3) is 0.350. The van der Waals surface area contributed by atoms with Gasteiger partial charge in [0.1, 0.15) is 11.1 Å². The Hall–Kier alpha value is -2.65. The van der Waals surface area contributed by atoms with Crippen molar-refractivity contribution >= 4 is 28.9 Å². The number of nitrogens with zero attached hydrogens (tertiary/aromatic N) is 2. The largest absolute Gasteiger partial charge is 0.393 e. The summed E-state index contributed by atoms with van der Waals surface area (Å²) >= 11 is 5.80. The zero-order valence-corrected chi connectivity index (χ0v) is 16.5. The van der Waals surface area contributed by atoms with Crippen LogP contribution in [0.15, 0.2) is 48.5 Å². The second kappa shape index (κ2) is 9.01. The number of hydrogen-bond acceptors (Lipinski definition) is 4. The van der Waals surface area contributed by atoms with Crippen molar-refractivity contribution in [1.29, 1.82) is 0 Å². The van der Waals surface area contributed by atoms with Crippen molar-refractivity contribution in [3.8, 4) is 0 Å². The Labute approximate surface area is 175 Å². The summed E-state index contributed by atoms with van der Waals surface area (Å²) in [6, 6.07) is 11.3. The van der Waals surface area contributed by atoms with Gasteiger partial charge < -0.3 is 5.32 Å². The molecule has 1 fully saturated rings. The lowest BCUT2D eigenvalue weighted by atomic mass is 9.94. The number of piperidine rings is 1. The van der Waals surface area contributed by atoms with E-state index in [4.69, 9.17) is 11.6 Å². The van der Waals surface area contributed by atoms with Crippen molar-refractivity contribution in [1.82, 2.24) is 4.90 Å². The summed E-state index contributed by atoms with van der Waals surface area (Å²) < 4.78 is 39.8. The Balaban J connectivity index is 1.89. The summed E-state index contributed by atoms with van der Waals surface area (Å²) in [5.74, 6) is -2.08. The Kier molecular flexibility index (Phi) is 6.62. The first-order valence-electron chi connectivity index (χ1n) is 9.27. The number of alkyl halides is 3. The van der Waals surface area contributed by atoms with Crippen molar-refractivity contribution < 1.29 is 22.9 Å².